The van der Waals surface area contributed by atoms with Crippen molar-refractivity contribution in [2.45, 2.75) is 6.18 Å². The second-order valence-corrected chi connectivity index (χ2v) is 4.24. The van der Waals surface area contributed by atoms with Crippen molar-refractivity contribution < 1.29 is 18.0 Å². The van der Waals surface area contributed by atoms with Crippen LogP contribution in [0.3, 0.4) is 0 Å². The van der Waals surface area contributed by atoms with E-state index in [1.54, 1.807) is 18.2 Å². The lowest BCUT2D eigenvalue weighted by Gasteiger charge is -2.10. The molecule has 0 spiro atoms. The molecule has 0 saturated carbocycles. The molecule has 0 aliphatic heterocycles. The van der Waals surface area contributed by atoms with Crippen LogP contribution in [0.2, 0.25) is 0 Å². The molecule has 98 valence electrons. The van der Waals surface area contributed by atoms with E-state index in [-0.39, 0.29) is 5.56 Å². The quantitative estimate of drug-likeness (QED) is 0.727. The van der Waals surface area contributed by atoms with Gasteiger partial charge in [0.1, 0.15) is 0 Å². The Hall–Kier alpha value is -1.81. The molecular weight excluding hydrogens is 277 g/mol. The Bertz CT molecular complexity index is 620. The number of hydrogen-bond acceptors (Lipinski definition) is 1. The van der Waals surface area contributed by atoms with Crippen molar-refractivity contribution in [2.24, 2.45) is 0 Å². The summed E-state index contributed by atoms with van der Waals surface area (Å²) in [6.07, 6.45) is -4.42. The topological polar surface area (TPSA) is 17.1 Å². The van der Waals surface area contributed by atoms with Crippen molar-refractivity contribution in [2.75, 3.05) is 0 Å². The summed E-state index contributed by atoms with van der Waals surface area (Å²) in [6, 6.07) is 11.1. The number of rotatable bonds is 2. The van der Waals surface area contributed by atoms with E-state index in [0.717, 1.165) is 12.1 Å². The summed E-state index contributed by atoms with van der Waals surface area (Å²) in [7, 11) is 0. The van der Waals surface area contributed by atoms with Gasteiger partial charge in [-0.05, 0) is 40.9 Å². The molecule has 0 heterocycles. The van der Waals surface area contributed by atoms with Gasteiger partial charge in [-0.2, -0.15) is 13.2 Å². The van der Waals surface area contributed by atoms with Crippen LogP contribution in [0.5, 0.6) is 0 Å². The highest BCUT2D eigenvalue weighted by molar-refractivity contribution is 6.68. The third-order valence-corrected chi connectivity index (χ3v) is 2.84. The Morgan fingerprint density at radius 3 is 2.32 bits per heavy atom. The van der Waals surface area contributed by atoms with Gasteiger partial charge in [0.2, 0.25) is 0 Å². The zero-order valence-electron chi connectivity index (χ0n) is 9.54. The van der Waals surface area contributed by atoms with Crippen LogP contribution < -0.4 is 0 Å². The van der Waals surface area contributed by atoms with Crippen LogP contribution in [0.15, 0.2) is 48.5 Å². The monoisotopic (exact) mass is 284 g/mol. The van der Waals surface area contributed by atoms with Crippen molar-refractivity contribution in [3.05, 3.63) is 59.7 Å². The van der Waals surface area contributed by atoms with E-state index in [4.69, 9.17) is 11.6 Å². The zero-order valence-corrected chi connectivity index (χ0v) is 10.3. The Balaban J connectivity index is 2.57. The van der Waals surface area contributed by atoms with E-state index in [1.807, 2.05) is 0 Å². The van der Waals surface area contributed by atoms with Gasteiger partial charge in [-0.15, -0.1) is 0 Å². The fourth-order valence-corrected chi connectivity index (χ4v) is 1.93. The van der Waals surface area contributed by atoms with E-state index >= 15 is 0 Å². The normalized spacial score (nSPS) is 11.4. The number of carbonyl (C=O) groups is 1. The third-order valence-electron chi connectivity index (χ3n) is 2.64. The van der Waals surface area contributed by atoms with Gasteiger partial charge in [0.25, 0.3) is 5.24 Å². The second kappa shape index (κ2) is 5.05. The summed E-state index contributed by atoms with van der Waals surface area (Å²) in [4.78, 5) is 11.3. The molecule has 0 fully saturated rings. The minimum Gasteiger partial charge on any atom is -0.276 e. The first kappa shape index (κ1) is 13.6. The predicted molar refractivity (Wildman–Crippen MR) is 67.1 cm³/mol. The molecule has 0 N–H and O–H groups in total. The number of carbonyl (C=O) groups excluding carboxylic acids is 1. The Labute approximate surface area is 112 Å². The highest BCUT2D eigenvalue weighted by atomic mass is 35.5. The van der Waals surface area contributed by atoms with E-state index < -0.39 is 17.0 Å². The van der Waals surface area contributed by atoms with Crippen molar-refractivity contribution in [3.8, 4) is 11.1 Å². The van der Waals surface area contributed by atoms with Crippen molar-refractivity contribution in [1.82, 2.24) is 0 Å². The van der Waals surface area contributed by atoms with Gasteiger partial charge >= 0.3 is 6.18 Å². The lowest BCUT2D eigenvalue weighted by atomic mass is 9.98. The minimum absolute atomic E-state index is 0.184. The summed E-state index contributed by atoms with van der Waals surface area (Å²) in [6.45, 7) is 0. The molecule has 0 aliphatic carbocycles. The number of hydrogen-bond donors (Lipinski definition) is 0. The molecule has 0 bridgehead atoms. The molecule has 0 saturated heterocycles. The van der Waals surface area contributed by atoms with Gasteiger partial charge in [-0.1, -0.05) is 30.3 Å². The van der Waals surface area contributed by atoms with Crippen molar-refractivity contribution in [3.63, 3.8) is 0 Å². The molecule has 2 aromatic carbocycles. The lowest BCUT2D eigenvalue weighted by Crippen LogP contribution is -2.04. The summed E-state index contributed by atoms with van der Waals surface area (Å²) >= 11 is 5.43. The van der Waals surface area contributed by atoms with Gasteiger partial charge in [0, 0.05) is 5.56 Å². The maximum Gasteiger partial charge on any atom is 0.416 e. The van der Waals surface area contributed by atoms with Crippen LogP contribution in [0.4, 0.5) is 13.2 Å². The Morgan fingerprint density at radius 1 is 1.00 bits per heavy atom. The van der Waals surface area contributed by atoms with Crippen LogP contribution in [0, 0.1) is 0 Å². The lowest BCUT2D eigenvalue weighted by molar-refractivity contribution is -0.137. The van der Waals surface area contributed by atoms with Gasteiger partial charge in [0.15, 0.2) is 0 Å². The van der Waals surface area contributed by atoms with Gasteiger partial charge in [-0.3, -0.25) is 4.79 Å². The smallest absolute Gasteiger partial charge is 0.276 e. The average Bonchev–Trinajstić information content (AvgIpc) is 2.38. The van der Waals surface area contributed by atoms with Crippen LogP contribution >= 0.6 is 11.6 Å². The molecule has 0 atom stereocenters. The third kappa shape index (κ3) is 2.96. The van der Waals surface area contributed by atoms with E-state index in [9.17, 15) is 18.0 Å². The molecular formula is C14H8ClF3O. The molecule has 5 heteroatoms. The first-order valence-electron chi connectivity index (χ1n) is 5.36. The van der Waals surface area contributed by atoms with Crippen molar-refractivity contribution >= 4 is 16.8 Å². The maximum atomic E-state index is 12.6. The number of benzene rings is 2. The molecule has 0 radical (unpaired) electrons. The van der Waals surface area contributed by atoms with Gasteiger partial charge in [-0.25, -0.2) is 0 Å². The fraction of sp³-hybridized carbons (Fsp3) is 0.0714. The van der Waals surface area contributed by atoms with E-state index in [2.05, 4.69) is 0 Å². The van der Waals surface area contributed by atoms with Gasteiger partial charge < -0.3 is 0 Å². The molecule has 2 rings (SSSR count). The van der Waals surface area contributed by atoms with Crippen LogP contribution in [-0.2, 0) is 6.18 Å². The Kier molecular flexibility index (Phi) is 3.62. The summed E-state index contributed by atoms with van der Waals surface area (Å²) in [5.74, 6) is 0. The molecule has 0 unspecified atom stereocenters. The minimum atomic E-state index is -4.42. The highest BCUT2D eigenvalue weighted by Crippen LogP contribution is 2.33. The molecule has 2 aromatic rings. The number of alkyl halides is 3. The second-order valence-electron chi connectivity index (χ2n) is 3.90. The van der Waals surface area contributed by atoms with Crippen LogP contribution in [-0.4, -0.2) is 5.24 Å². The highest BCUT2D eigenvalue weighted by Gasteiger charge is 2.30. The summed E-state index contributed by atoms with van der Waals surface area (Å²) in [5, 5.41) is -0.701. The number of halogens is 4. The first-order valence-corrected chi connectivity index (χ1v) is 5.74. The standard InChI is InChI=1S/C14H8ClF3O/c15-13(19)12-7-2-1-6-11(12)9-4-3-5-10(8-9)14(16,17)18/h1-8H. The summed E-state index contributed by atoms with van der Waals surface area (Å²) in [5.41, 5.74) is 0.110. The van der Waals surface area contributed by atoms with E-state index in [1.165, 1.54) is 18.2 Å². The van der Waals surface area contributed by atoms with Crippen LogP contribution in [0.1, 0.15) is 15.9 Å². The molecule has 0 amide bonds. The predicted octanol–water partition coefficient (Wildman–Crippen LogP) is 4.75. The van der Waals surface area contributed by atoms with Crippen molar-refractivity contribution in [1.29, 1.82) is 0 Å². The van der Waals surface area contributed by atoms with Gasteiger partial charge in [0.05, 0.1) is 5.56 Å². The first-order chi connectivity index (χ1) is 8.89. The Morgan fingerprint density at radius 2 is 1.68 bits per heavy atom. The summed E-state index contributed by atoms with van der Waals surface area (Å²) < 4.78 is 37.9. The largest absolute Gasteiger partial charge is 0.416 e. The molecule has 0 aromatic heterocycles. The molecule has 0 aliphatic rings. The average molecular weight is 285 g/mol. The van der Waals surface area contributed by atoms with Crippen LogP contribution in [0.25, 0.3) is 11.1 Å². The SMILES string of the molecule is O=C(Cl)c1ccccc1-c1cccc(C(F)(F)F)c1. The molecule has 19 heavy (non-hydrogen) atoms. The van der Waals surface area contributed by atoms with E-state index in [0.29, 0.717) is 11.1 Å². The zero-order chi connectivity index (χ0) is 14.0. The molecule has 1 nitrogen and oxygen atoms in total. The fourth-order valence-electron chi connectivity index (χ4n) is 1.77. The maximum absolute atomic E-state index is 12.6.